The summed E-state index contributed by atoms with van der Waals surface area (Å²) in [6.07, 6.45) is 36.1. The first-order chi connectivity index (χ1) is 23.3. The van der Waals surface area contributed by atoms with E-state index in [1.807, 2.05) is 0 Å². The highest BCUT2D eigenvalue weighted by Crippen LogP contribution is 2.64. The van der Waals surface area contributed by atoms with Gasteiger partial charge in [-0.2, -0.15) is 35.3 Å². The molecule has 0 aromatic carbocycles. The fourth-order valence-corrected chi connectivity index (χ4v) is 22.8. The van der Waals surface area contributed by atoms with Crippen LogP contribution in [0.4, 0.5) is 0 Å². The molecule has 19 atom stereocenters. The molecule has 19 unspecified atom stereocenters. The van der Waals surface area contributed by atoms with E-state index in [9.17, 15) is 0 Å². The lowest BCUT2D eigenvalue weighted by Crippen LogP contribution is -2.63. The van der Waals surface area contributed by atoms with Gasteiger partial charge < -0.3 is 4.74 Å². The standard InChI is InChI=1S/C42H65NOS3/c1-4-19-34-30(12-1)38-35(44-34)23-22-29-28-15-9-18-33(41(28)47-42(29)38)43(31-16-7-13-26-24-10-2-5-20-36(24)45-39(26)31)32-17-8-14-27-25-11-3-6-21-37(25)46-40(27)32/h24-42H,1-23H2. The van der Waals surface area contributed by atoms with Gasteiger partial charge in [0.25, 0.3) is 0 Å². The second-order valence-corrected chi connectivity index (χ2v) is 23.4. The van der Waals surface area contributed by atoms with Crippen LogP contribution in [0.3, 0.4) is 0 Å². The fourth-order valence-electron chi connectivity index (χ4n) is 15.8. The van der Waals surface area contributed by atoms with Crippen molar-refractivity contribution in [3.8, 4) is 0 Å². The van der Waals surface area contributed by atoms with Crippen LogP contribution in [0.1, 0.15) is 148 Å². The molecule has 262 valence electrons. The maximum absolute atomic E-state index is 6.95. The van der Waals surface area contributed by atoms with E-state index in [1.165, 1.54) is 103 Å². The zero-order chi connectivity index (χ0) is 30.6. The smallest absolute Gasteiger partial charge is 0.0621 e. The minimum absolute atomic E-state index is 0.612. The van der Waals surface area contributed by atoms with Gasteiger partial charge in [0, 0.05) is 55.5 Å². The molecule has 7 saturated carbocycles. The lowest BCUT2D eigenvalue weighted by molar-refractivity contribution is -0.0145. The van der Waals surface area contributed by atoms with Crippen LogP contribution in [-0.2, 0) is 4.74 Å². The molecular formula is C42H65NOS3. The first-order valence-corrected chi connectivity index (χ1v) is 24.5. The molecule has 4 heterocycles. The number of ether oxygens (including phenoxy) is 1. The molecule has 11 fully saturated rings. The molecule has 0 aromatic rings. The lowest BCUT2D eigenvalue weighted by atomic mass is 9.64. The normalized spacial score (nSPS) is 58.0. The summed E-state index contributed by atoms with van der Waals surface area (Å²) in [5.74, 6) is 8.03. The molecule has 0 spiro atoms. The Balaban J connectivity index is 0.947. The average Bonchev–Trinajstić information content (AvgIpc) is 3.88. The molecule has 4 saturated heterocycles. The highest BCUT2D eigenvalue weighted by Gasteiger charge is 2.62. The quantitative estimate of drug-likeness (QED) is 0.291. The summed E-state index contributed by atoms with van der Waals surface area (Å²) in [4.78, 5) is 3.54. The summed E-state index contributed by atoms with van der Waals surface area (Å²) in [6.45, 7) is 0. The van der Waals surface area contributed by atoms with E-state index in [1.54, 1.807) is 44.9 Å². The molecule has 11 rings (SSSR count). The lowest BCUT2D eigenvalue weighted by Gasteiger charge is -2.55. The number of hydrogen-bond acceptors (Lipinski definition) is 5. The maximum Gasteiger partial charge on any atom is 0.0621 e. The third kappa shape index (κ3) is 5.06. The number of thioether (sulfide) groups is 3. The predicted molar refractivity (Wildman–Crippen MR) is 201 cm³/mol. The fraction of sp³-hybridized carbons (Fsp3) is 1.00. The van der Waals surface area contributed by atoms with Gasteiger partial charge in [-0.15, -0.1) is 0 Å². The van der Waals surface area contributed by atoms with Crippen LogP contribution in [0.15, 0.2) is 0 Å². The largest absolute Gasteiger partial charge is 0.374 e. The maximum atomic E-state index is 6.95. The third-order valence-corrected chi connectivity index (χ3v) is 23.2. The van der Waals surface area contributed by atoms with Gasteiger partial charge in [0.1, 0.15) is 0 Å². The Morgan fingerprint density at radius 1 is 0.340 bits per heavy atom. The Hall–Kier alpha value is 0.970. The van der Waals surface area contributed by atoms with Crippen LogP contribution in [0.5, 0.6) is 0 Å². The van der Waals surface area contributed by atoms with Crippen LogP contribution in [0.25, 0.3) is 0 Å². The Kier molecular flexibility index (Phi) is 8.59. The van der Waals surface area contributed by atoms with Gasteiger partial charge in [-0.3, -0.25) is 4.90 Å². The Bertz CT molecular complexity index is 1100. The van der Waals surface area contributed by atoms with E-state index >= 15 is 0 Å². The van der Waals surface area contributed by atoms with Gasteiger partial charge in [-0.25, -0.2) is 0 Å². The van der Waals surface area contributed by atoms with Crippen LogP contribution in [0, 0.1) is 47.3 Å². The van der Waals surface area contributed by atoms with Gasteiger partial charge in [0.05, 0.1) is 12.2 Å². The van der Waals surface area contributed by atoms with Crippen molar-refractivity contribution in [1.82, 2.24) is 4.90 Å². The van der Waals surface area contributed by atoms with Gasteiger partial charge in [0.15, 0.2) is 0 Å². The van der Waals surface area contributed by atoms with Crippen molar-refractivity contribution in [2.24, 2.45) is 47.3 Å². The second-order valence-electron chi connectivity index (χ2n) is 19.2. The molecule has 2 nitrogen and oxygen atoms in total. The topological polar surface area (TPSA) is 12.5 Å². The molecule has 0 radical (unpaired) electrons. The molecule has 7 aliphatic carbocycles. The van der Waals surface area contributed by atoms with Crippen molar-refractivity contribution in [3.63, 3.8) is 0 Å². The van der Waals surface area contributed by atoms with Crippen LogP contribution in [-0.4, -0.2) is 66.7 Å². The van der Waals surface area contributed by atoms with Crippen molar-refractivity contribution in [2.45, 2.75) is 210 Å². The van der Waals surface area contributed by atoms with Crippen molar-refractivity contribution in [1.29, 1.82) is 0 Å². The summed E-state index contributed by atoms with van der Waals surface area (Å²) in [5.41, 5.74) is 0. The molecule has 5 heteroatoms. The van der Waals surface area contributed by atoms with Crippen molar-refractivity contribution < 1.29 is 4.74 Å². The predicted octanol–water partition coefficient (Wildman–Crippen LogP) is 10.6. The Labute approximate surface area is 300 Å². The summed E-state index contributed by atoms with van der Waals surface area (Å²) in [7, 11) is 0. The molecule has 0 bridgehead atoms. The van der Waals surface area contributed by atoms with Gasteiger partial charge in [-0.1, -0.05) is 57.8 Å². The highest BCUT2D eigenvalue weighted by atomic mass is 32.2. The minimum Gasteiger partial charge on any atom is -0.374 e. The summed E-state index contributed by atoms with van der Waals surface area (Å²) in [5, 5.41) is 5.77. The van der Waals surface area contributed by atoms with E-state index in [0.29, 0.717) is 12.2 Å². The SMILES string of the molecule is C1CCC2C(C1)OC1CCC3C4CCCC(N(C5CCCC6C7CCCCC7SC65)C5CCCC6C7CCCCC7SC65)C4SC3C12. The zero-order valence-electron chi connectivity index (χ0n) is 29.3. The molecule has 0 N–H and O–H groups in total. The zero-order valence-corrected chi connectivity index (χ0v) is 31.8. The van der Waals surface area contributed by atoms with E-state index in [0.717, 1.165) is 97.0 Å². The molecule has 47 heavy (non-hydrogen) atoms. The number of fused-ring (bicyclic) bond motifs is 13. The number of hydrogen-bond donors (Lipinski definition) is 0. The molecule has 0 aromatic heterocycles. The summed E-state index contributed by atoms with van der Waals surface area (Å²) < 4.78 is 6.95. The van der Waals surface area contributed by atoms with Crippen LogP contribution >= 0.6 is 35.3 Å². The van der Waals surface area contributed by atoms with Crippen LogP contribution in [0.2, 0.25) is 0 Å². The third-order valence-electron chi connectivity index (χ3n) is 17.4. The molecule has 4 aliphatic heterocycles. The van der Waals surface area contributed by atoms with Gasteiger partial charge >= 0.3 is 0 Å². The molecule has 11 aliphatic rings. The first kappa shape index (κ1) is 31.5. The van der Waals surface area contributed by atoms with E-state index in [4.69, 9.17) is 4.74 Å². The van der Waals surface area contributed by atoms with Crippen LogP contribution < -0.4 is 0 Å². The number of nitrogens with zero attached hydrogens (tertiary/aromatic N) is 1. The number of rotatable bonds is 3. The van der Waals surface area contributed by atoms with Crippen molar-refractivity contribution in [2.75, 3.05) is 0 Å². The van der Waals surface area contributed by atoms with E-state index in [-0.39, 0.29) is 0 Å². The Morgan fingerprint density at radius 3 is 1.43 bits per heavy atom. The van der Waals surface area contributed by atoms with Gasteiger partial charge in [0.2, 0.25) is 0 Å². The van der Waals surface area contributed by atoms with E-state index < -0.39 is 0 Å². The first-order valence-electron chi connectivity index (χ1n) is 21.7. The Morgan fingerprint density at radius 2 is 0.809 bits per heavy atom. The van der Waals surface area contributed by atoms with Gasteiger partial charge in [-0.05, 0) is 131 Å². The van der Waals surface area contributed by atoms with E-state index in [2.05, 4.69) is 40.2 Å². The average molecular weight is 696 g/mol. The monoisotopic (exact) mass is 695 g/mol. The molecule has 0 amide bonds. The van der Waals surface area contributed by atoms with Crippen molar-refractivity contribution >= 4 is 35.3 Å². The van der Waals surface area contributed by atoms with Crippen molar-refractivity contribution in [3.05, 3.63) is 0 Å². The minimum atomic E-state index is 0.612. The molecular weight excluding hydrogens is 631 g/mol. The summed E-state index contributed by atoms with van der Waals surface area (Å²) >= 11 is 7.80. The summed E-state index contributed by atoms with van der Waals surface area (Å²) in [6, 6.07) is 2.63. The highest BCUT2D eigenvalue weighted by molar-refractivity contribution is 8.01. The second kappa shape index (κ2) is 12.8.